The second-order valence-electron chi connectivity index (χ2n) is 27.7. The SMILES string of the molecule is COC(=O)c1ccc(CC23c4c5c6c7c8c9c%10c%11c(c2c2c%12c3c3c%13c4c6c4c6c%13c%13c3c3c%12c%12c%14c2c%11c2c%11c%10c%10c8c8c7c4c4c6c6c%13c7c3c%12c3c(c%142)c2c%11c%10c%10c8c4c4c%10c2c3c7c64)C59N2CCOCC2)c(OC)c1. The van der Waals surface area contributed by atoms with Gasteiger partial charge in [-0.3, -0.25) is 4.90 Å². The average molecular weight is 986 g/mol. The third-order valence-electron chi connectivity index (χ3n) is 27.0. The van der Waals surface area contributed by atoms with Gasteiger partial charge in [0, 0.05) is 13.1 Å². The van der Waals surface area contributed by atoms with Gasteiger partial charge in [-0.2, -0.15) is 0 Å². The molecule has 0 saturated carbocycles. The minimum Gasteiger partial charge on any atom is -0.496 e. The van der Waals surface area contributed by atoms with Gasteiger partial charge in [-0.05, 0) is 338 Å². The number of esters is 1. The average Bonchev–Trinajstić information content (AvgIpc) is 2.14. The monoisotopic (exact) mass is 985 g/mol. The van der Waals surface area contributed by atoms with Gasteiger partial charge in [0.15, 0.2) is 0 Å². The summed E-state index contributed by atoms with van der Waals surface area (Å²) in [5.74, 6) is 0.444. The van der Waals surface area contributed by atoms with E-state index in [1.807, 2.05) is 19.2 Å². The number of hydrogen-bond acceptors (Lipinski definition) is 5. The van der Waals surface area contributed by atoms with Crippen molar-refractivity contribution in [1.29, 1.82) is 0 Å². The number of nitrogens with zero attached hydrogens (tertiary/aromatic N) is 1. The van der Waals surface area contributed by atoms with Crippen molar-refractivity contribution in [2.24, 2.45) is 0 Å². The van der Waals surface area contributed by atoms with Gasteiger partial charge in [-0.1, -0.05) is 6.07 Å². The highest BCUT2D eigenvalue weighted by molar-refractivity contribution is 6.81. The number of rotatable bonds is 5. The van der Waals surface area contributed by atoms with Crippen molar-refractivity contribution >= 4 is 286 Å². The van der Waals surface area contributed by atoms with Crippen molar-refractivity contribution in [3.8, 4) is 5.75 Å². The number of carbonyl (C=O) groups is 1. The van der Waals surface area contributed by atoms with Crippen molar-refractivity contribution in [2.45, 2.75) is 17.4 Å². The first-order valence-corrected chi connectivity index (χ1v) is 29.1. The molecule has 2 atom stereocenters. The van der Waals surface area contributed by atoms with Gasteiger partial charge in [0.1, 0.15) is 11.3 Å². The fourth-order valence-corrected chi connectivity index (χ4v) is 26.4. The summed E-state index contributed by atoms with van der Waals surface area (Å²) in [5.41, 5.74) is 10.4. The van der Waals surface area contributed by atoms with Crippen LogP contribution in [0.4, 0.5) is 0 Å². The Morgan fingerprint density at radius 2 is 0.658 bits per heavy atom. The Morgan fingerprint density at radius 1 is 0.380 bits per heavy atom. The van der Waals surface area contributed by atoms with Gasteiger partial charge < -0.3 is 14.2 Å². The van der Waals surface area contributed by atoms with E-state index in [0.29, 0.717) is 5.56 Å². The molecule has 0 amide bonds. The summed E-state index contributed by atoms with van der Waals surface area (Å²) in [6.45, 7) is 3.25. The van der Waals surface area contributed by atoms with E-state index in [0.717, 1.165) is 44.0 Å². The topological polar surface area (TPSA) is 48.0 Å². The summed E-state index contributed by atoms with van der Waals surface area (Å²) >= 11 is 0. The van der Waals surface area contributed by atoms with Crippen molar-refractivity contribution in [2.75, 3.05) is 40.5 Å². The molecule has 6 aliphatic rings. The minimum atomic E-state index is -0.558. The van der Waals surface area contributed by atoms with Crippen LogP contribution in [0, 0.1) is 0 Å². The molecule has 79 heavy (non-hydrogen) atoms. The van der Waals surface area contributed by atoms with Gasteiger partial charge in [0.25, 0.3) is 0 Å². The second-order valence-corrected chi connectivity index (χ2v) is 27.7. The molecule has 34 rings (SSSR count). The number of benzene rings is 18. The molecule has 1 saturated heterocycles. The predicted molar refractivity (Wildman–Crippen MR) is 323 cm³/mol. The molecular formula is C74H19NO4. The summed E-state index contributed by atoms with van der Waals surface area (Å²) in [5, 5.41) is 83.4. The lowest BCUT2D eigenvalue weighted by atomic mass is 9.54. The van der Waals surface area contributed by atoms with Crippen LogP contribution >= 0.6 is 0 Å². The first-order valence-electron chi connectivity index (χ1n) is 29.1. The number of morpholine rings is 1. The van der Waals surface area contributed by atoms with Crippen LogP contribution in [0.5, 0.6) is 5.75 Å². The fourth-order valence-electron chi connectivity index (χ4n) is 26.4. The van der Waals surface area contributed by atoms with Crippen molar-refractivity contribution < 1.29 is 19.0 Å². The smallest absolute Gasteiger partial charge is 0.337 e. The molecule has 5 heteroatoms. The number of ether oxygens (including phenoxy) is 3. The molecule has 0 bridgehead atoms. The maximum atomic E-state index is 13.5. The van der Waals surface area contributed by atoms with Gasteiger partial charge in [0.2, 0.25) is 0 Å². The number of methoxy groups -OCH3 is 2. The zero-order valence-corrected chi connectivity index (χ0v) is 41.3. The molecule has 0 aromatic heterocycles. The van der Waals surface area contributed by atoms with Crippen LogP contribution in [-0.2, 0) is 26.8 Å². The van der Waals surface area contributed by atoms with E-state index in [1.54, 1.807) is 313 Å². The molecule has 5 nitrogen and oxygen atoms in total. The molecule has 2 unspecified atom stereocenters. The Balaban J connectivity index is 1.06. The Hall–Kier alpha value is -9.13. The summed E-state index contributed by atoms with van der Waals surface area (Å²) in [6.07, 6.45) is 0.745. The normalized spacial score (nSPS) is 21.9. The van der Waals surface area contributed by atoms with Gasteiger partial charge in [-0.15, -0.1) is 0 Å². The summed E-state index contributed by atoms with van der Waals surface area (Å²) in [4.78, 5) is 16.5. The maximum absolute atomic E-state index is 13.5. The fraction of sp³-hybridized carbons (Fsp3) is 0.122. The van der Waals surface area contributed by atoms with Gasteiger partial charge in [0.05, 0.1) is 38.4 Å². The zero-order chi connectivity index (χ0) is 48.2. The van der Waals surface area contributed by atoms with E-state index < -0.39 is 11.0 Å². The molecule has 0 N–H and O–H groups in total. The van der Waals surface area contributed by atoms with Crippen LogP contribution < -0.4 is 4.74 Å². The Bertz CT molecular complexity index is 7810. The zero-order valence-electron chi connectivity index (χ0n) is 41.3. The number of carbonyl (C=O) groups excluding carboxylic acids is 1. The van der Waals surface area contributed by atoms with Crippen molar-refractivity contribution in [3.05, 3.63) is 62.7 Å². The van der Waals surface area contributed by atoms with E-state index in [1.165, 1.54) is 7.11 Å². The summed E-state index contributed by atoms with van der Waals surface area (Å²) < 4.78 is 18.6. The minimum absolute atomic E-state index is 0.330. The molecule has 5 aliphatic carbocycles. The molecule has 28 aromatic carbocycles. The van der Waals surface area contributed by atoms with Crippen LogP contribution in [0.15, 0.2) is 18.2 Å². The van der Waals surface area contributed by atoms with E-state index >= 15 is 0 Å². The molecule has 1 aliphatic heterocycles. The first-order chi connectivity index (χ1) is 39.2. The highest BCUT2D eigenvalue weighted by atomic mass is 16.5. The Morgan fingerprint density at radius 3 is 1.03 bits per heavy atom. The van der Waals surface area contributed by atoms with Crippen molar-refractivity contribution in [3.63, 3.8) is 0 Å². The Kier molecular flexibility index (Phi) is 3.12. The van der Waals surface area contributed by atoms with E-state index in [9.17, 15) is 4.79 Å². The van der Waals surface area contributed by atoms with Crippen molar-refractivity contribution in [1.82, 2.24) is 4.90 Å². The standard InChI is InChI=1S/C74H19NO4/c1-77-13-9-11(72(76)78-2)3-4-12(13)10-73-66-58-49-42-29-22-16-17-19-15-14-18(16)27(29)33-31-20(14)24-21(15)32-34-28(19)30-23(17)26-25(22)36-44-37(26)46-43(30)50-48(34)52-39(32)41-35(24)40-38(31)51(47(33)49)62(66)64-53(40)54(41)65-63(52)67-59(50)56(46)61-57(44)60(55(58)45(36)42)68(73)70(61)74(67,71(65)69(64)73)75-5-7-79-8-6-75/h3-4,9H,5-8,10H2,1-2H3. The van der Waals surface area contributed by atoms with E-state index in [2.05, 4.69) is 11.0 Å². The second kappa shape index (κ2) is 7.71. The third-order valence-corrected chi connectivity index (χ3v) is 27.0. The largest absolute Gasteiger partial charge is 0.496 e. The lowest BCUT2D eigenvalue weighted by Crippen LogP contribution is -2.56. The molecule has 344 valence electrons. The lowest BCUT2D eigenvalue weighted by Gasteiger charge is -2.54. The van der Waals surface area contributed by atoms with Gasteiger partial charge in [-0.25, -0.2) is 4.79 Å². The molecule has 1 heterocycles. The highest BCUT2D eigenvalue weighted by Gasteiger charge is 2.68. The van der Waals surface area contributed by atoms with Gasteiger partial charge >= 0.3 is 5.97 Å². The number of hydrogen-bond donors (Lipinski definition) is 0. The van der Waals surface area contributed by atoms with Crippen LogP contribution in [0.2, 0.25) is 0 Å². The van der Waals surface area contributed by atoms with Crippen LogP contribution in [-0.4, -0.2) is 51.4 Å². The summed E-state index contributed by atoms with van der Waals surface area (Å²) in [7, 11) is 3.31. The summed E-state index contributed by atoms with van der Waals surface area (Å²) in [6, 6.07) is 6.26. The third kappa shape index (κ3) is 1.90. The van der Waals surface area contributed by atoms with Crippen LogP contribution in [0.25, 0.3) is 280 Å². The highest BCUT2D eigenvalue weighted by Crippen LogP contribution is 2.84. The lowest BCUT2D eigenvalue weighted by molar-refractivity contribution is 0.00288. The predicted octanol–water partition coefficient (Wildman–Crippen LogP) is 17.3. The van der Waals surface area contributed by atoms with Crippen LogP contribution in [0.3, 0.4) is 0 Å². The van der Waals surface area contributed by atoms with E-state index in [4.69, 9.17) is 14.2 Å². The molecule has 0 spiro atoms. The van der Waals surface area contributed by atoms with E-state index in [-0.39, 0.29) is 5.97 Å². The Labute approximate surface area is 434 Å². The molecular weight excluding hydrogens is 967 g/mol. The maximum Gasteiger partial charge on any atom is 0.337 e. The first kappa shape index (κ1) is 31.9. The quantitative estimate of drug-likeness (QED) is 0.127. The van der Waals surface area contributed by atoms with Crippen LogP contribution in [0.1, 0.15) is 49.3 Å². The molecule has 28 aromatic rings. The molecule has 0 radical (unpaired) electrons. The molecule has 1 fully saturated rings.